The van der Waals surface area contributed by atoms with E-state index in [2.05, 4.69) is 0 Å². The molecule has 26 heavy (non-hydrogen) atoms. The second-order valence-corrected chi connectivity index (χ2v) is 5.81. The quantitative estimate of drug-likeness (QED) is 0.468. The highest BCUT2D eigenvalue weighted by molar-refractivity contribution is 6.02. The van der Waals surface area contributed by atoms with Crippen molar-refractivity contribution < 1.29 is 19.2 Å². The number of benzene rings is 2. The second-order valence-electron chi connectivity index (χ2n) is 5.81. The predicted molar refractivity (Wildman–Crippen MR) is 94.3 cm³/mol. The zero-order valence-electron chi connectivity index (χ0n) is 13.8. The maximum absolute atomic E-state index is 12.5. The predicted octanol–water partition coefficient (Wildman–Crippen LogP) is 3.20. The van der Waals surface area contributed by atoms with Crippen LogP contribution >= 0.6 is 0 Å². The second kappa shape index (κ2) is 7.60. The van der Waals surface area contributed by atoms with E-state index >= 15 is 0 Å². The third-order valence-electron chi connectivity index (χ3n) is 4.01. The van der Waals surface area contributed by atoms with Crippen LogP contribution in [0.4, 0.5) is 10.5 Å². The van der Waals surface area contributed by atoms with Gasteiger partial charge in [-0.25, -0.2) is 9.69 Å². The first-order valence-corrected chi connectivity index (χ1v) is 8.01. The Hall–Kier alpha value is -3.48. The molecule has 2 aromatic carbocycles. The number of hydrogen-bond acceptors (Lipinski definition) is 5. The molecule has 132 valence electrons. The average molecular weight is 352 g/mol. The number of nitrogens with zero attached hydrogens (tertiary/aromatic N) is 2. The molecule has 3 rings (SSSR count). The van der Waals surface area contributed by atoms with Gasteiger partial charge in [-0.1, -0.05) is 42.5 Å². The minimum atomic E-state index is -0.681. The summed E-state index contributed by atoms with van der Waals surface area (Å²) < 4.78 is 5.02. The molecule has 1 aliphatic heterocycles. The van der Waals surface area contributed by atoms with Gasteiger partial charge in [0, 0.05) is 18.2 Å². The Morgan fingerprint density at radius 1 is 1.23 bits per heavy atom. The average Bonchev–Trinajstić information content (AvgIpc) is 3.01. The van der Waals surface area contributed by atoms with E-state index in [1.165, 1.54) is 30.4 Å². The van der Waals surface area contributed by atoms with Gasteiger partial charge < -0.3 is 4.74 Å². The number of non-ortho nitro benzene ring substituents is 1. The lowest BCUT2D eigenvalue weighted by Gasteiger charge is -2.18. The van der Waals surface area contributed by atoms with Crippen LogP contribution in [0.5, 0.6) is 0 Å². The van der Waals surface area contributed by atoms with Crippen LogP contribution in [0, 0.1) is 10.1 Å². The summed E-state index contributed by atoms with van der Waals surface area (Å²) in [4.78, 5) is 35.8. The summed E-state index contributed by atoms with van der Waals surface area (Å²) in [6, 6.07) is 15.0. The lowest BCUT2D eigenvalue weighted by Crippen LogP contribution is -2.39. The van der Waals surface area contributed by atoms with Gasteiger partial charge in [-0.15, -0.1) is 0 Å². The number of hydrogen-bond donors (Lipinski definition) is 0. The molecule has 2 aromatic rings. The molecule has 0 saturated carbocycles. The molecule has 1 fully saturated rings. The molecule has 1 heterocycles. The van der Waals surface area contributed by atoms with Gasteiger partial charge in [0.2, 0.25) is 0 Å². The van der Waals surface area contributed by atoms with Gasteiger partial charge in [-0.05, 0) is 23.6 Å². The highest BCUT2D eigenvalue weighted by Crippen LogP contribution is 2.19. The van der Waals surface area contributed by atoms with E-state index in [4.69, 9.17) is 4.74 Å². The van der Waals surface area contributed by atoms with Crippen molar-refractivity contribution in [2.75, 3.05) is 6.61 Å². The summed E-state index contributed by atoms with van der Waals surface area (Å²) in [5.74, 6) is -0.514. The molecule has 7 heteroatoms. The van der Waals surface area contributed by atoms with E-state index in [1.807, 2.05) is 30.3 Å². The molecule has 0 radical (unpaired) electrons. The highest BCUT2D eigenvalue weighted by atomic mass is 16.6. The summed E-state index contributed by atoms with van der Waals surface area (Å²) in [7, 11) is 0. The Labute approximate surface area is 149 Å². The SMILES string of the molecule is O=C(/C=C/c1cccc([N+](=O)[O-])c1)N1C(=O)OC[C@@H]1Cc1ccccc1. The number of cyclic esters (lactones) is 1. The van der Waals surface area contributed by atoms with Crippen molar-refractivity contribution in [1.29, 1.82) is 0 Å². The molecule has 1 saturated heterocycles. The summed E-state index contributed by atoms with van der Waals surface area (Å²) >= 11 is 0. The topological polar surface area (TPSA) is 89.8 Å². The number of amides is 2. The third kappa shape index (κ3) is 3.94. The molecule has 1 atom stereocenters. The van der Waals surface area contributed by atoms with Gasteiger partial charge in [0.25, 0.3) is 11.6 Å². The molecule has 0 unspecified atom stereocenters. The Balaban J connectivity index is 1.73. The Kier molecular flexibility index (Phi) is 5.07. The van der Waals surface area contributed by atoms with Gasteiger partial charge >= 0.3 is 6.09 Å². The maximum Gasteiger partial charge on any atom is 0.417 e. The Morgan fingerprint density at radius 2 is 2.00 bits per heavy atom. The summed E-state index contributed by atoms with van der Waals surface area (Å²) in [6.07, 6.45) is 2.49. The van der Waals surface area contributed by atoms with Crippen LogP contribution in [0.15, 0.2) is 60.7 Å². The molecule has 0 aliphatic carbocycles. The fourth-order valence-electron chi connectivity index (χ4n) is 2.76. The Morgan fingerprint density at radius 3 is 2.73 bits per heavy atom. The van der Waals surface area contributed by atoms with E-state index in [9.17, 15) is 19.7 Å². The van der Waals surface area contributed by atoms with Crippen molar-refractivity contribution in [3.05, 3.63) is 81.9 Å². The number of nitro benzene ring substituents is 1. The summed E-state index contributed by atoms with van der Waals surface area (Å²) in [6.45, 7) is 0.143. The number of carbonyl (C=O) groups excluding carboxylic acids is 2. The number of rotatable bonds is 5. The van der Waals surface area contributed by atoms with E-state index in [0.717, 1.165) is 10.5 Å². The van der Waals surface area contributed by atoms with Gasteiger partial charge in [-0.2, -0.15) is 0 Å². The molecule has 7 nitrogen and oxygen atoms in total. The Bertz CT molecular complexity index is 863. The minimum absolute atomic E-state index is 0.0675. The van der Waals surface area contributed by atoms with Crippen LogP contribution in [0.1, 0.15) is 11.1 Å². The molecule has 1 aliphatic rings. The number of imide groups is 1. The number of nitro groups is 1. The minimum Gasteiger partial charge on any atom is -0.447 e. The number of ether oxygens (including phenoxy) is 1. The smallest absolute Gasteiger partial charge is 0.417 e. The molecular weight excluding hydrogens is 336 g/mol. The third-order valence-corrected chi connectivity index (χ3v) is 4.01. The van der Waals surface area contributed by atoms with E-state index in [0.29, 0.717) is 12.0 Å². The standard InChI is InChI=1S/C19H16N2O5/c22-18(10-9-15-7-4-8-16(11-15)21(24)25)20-17(13-26-19(20)23)12-14-5-2-1-3-6-14/h1-11,17H,12-13H2/b10-9+/t17-/m0/s1. The van der Waals surface area contributed by atoms with Crippen LogP contribution in [0.2, 0.25) is 0 Å². The molecule has 2 amide bonds. The molecule has 0 N–H and O–H groups in total. The van der Waals surface area contributed by atoms with Crippen molar-refractivity contribution in [3.8, 4) is 0 Å². The summed E-state index contributed by atoms with van der Waals surface area (Å²) in [5, 5.41) is 10.8. The van der Waals surface area contributed by atoms with Crippen molar-refractivity contribution in [2.24, 2.45) is 0 Å². The first-order valence-electron chi connectivity index (χ1n) is 8.01. The van der Waals surface area contributed by atoms with Crippen molar-refractivity contribution in [2.45, 2.75) is 12.5 Å². The van der Waals surface area contributed by atoms with Gasteiger partial charge in [0.1, 0.15) is 6.61 Å². The van der Waals surface area contributed by atoms with Crippen LogP contribution in [0.3, 0.4) is 0 Å². The van der Waals surface area contributed by atoms with Crippen LogP contribution in [-0.4, -0.2) is 34.5 Å². The van der Waals surface area contributed by atoms with Crippen LogP contribution < -0.4 is 0 Å². The monoisotopic (exact) mass is 352 g/mol. The molecule has 0 bridgehead atoms. The van der Waals surface area contributed by atoms with Crippen LogP contribution in [0.25, 0.3) is 6.08 Å². The lowest BCUT2D eigenvalue weighted by molar-refractivity contribution is -0.384. The van der Waals surface area contributed by atoms with E-state index < -0.39 is 16.9 Å². The largest absolute Gasteiger partial charge is 0.447 e. The van der Waals surface area contributed by atoms with Gasteiger partial charge in [0.05, 0.1) is 11.0 Å². The molecular formula is C19H16N2O5. The highest BCUT2D eigenvalue weighted by Gasteiger charge is 2.36. The summed E-state index contributed by atoms with van der Waals surface area (Å²) in [5.41, 5.74) is 1.43. The van der Waals surface area contributed by atoms with Gasteiger partial charge in [-0.3, -0.25) is 14.9 Å². The zero-order valence-corrected chi connectivity index (χ0v) is 13.8. The van der Waals surface area contributed by atoms with E-state index in [-0.39, 0.29) is 18.3 Å². The van der Waals surface area contributed by atoms with E-state index in [1.54, 1.807) is 6.07 Å². The van der Waals surface area contributed by atoms with Crippen LogP contribution in [-0.2, 0) is 16.0 Å². The first-order chi connectivity index (χ1) is 12.5. The first kappa shape index (κ1) is 17.3. The molecule has 0 aromatic heterocycles. The maximum atomic E-state index is 12.5. The number of carbonyl (C=O) groups is 2. The van der Waals surface area contributed by atoms with Crippen molar-refractivity contribution >= 4 is 23.8 Å². The van der Waals surface area contributed by atoms with Gasteiger partial charge in [0.15, 0.2) is 0 Å². The lowest BCUT2D eigenvalue weighted by atomic mass is 10.1. The molecule has 0 spiro atoms. The van der Waals surface area contributed by atoms with Crippen molar-refractivity contribution in [3.63, 3.8) is 0 Å². The fraction of sp³-hybridized carbons (Fsp3) is 0.158. The fourth-order valence-corrected chi connectivity index (χ4v) is 2.76. The zero-order chi connectivity index (χ0) is 18.5. The normalized spacial score (nSPS) is 16.7. The van der Waals surface area contributed by atoms with Crippen molar-refractivity contribution in [1.82, 2.24) is 4.90 Å².